The van der Waals surface area contributed by atoms with Crippen molar-refractivity contribution in [2.24, 2.45) is 0 Å². The van der Waals surface area contributed by atoms with Crippen LogP contribution in [0.3, 0.4) is 0 Å². The Morgan fingerprint density at radius 3 is 2.78 bits per heavy atom. The van der Waals surface area contributed by atoms with Crippen LogP contribution in [0.1, 0.15) is 12.0 Å². The summed E-state index contributed by atoms with van der Waals surface area (Å²) in [5.74, 6) is 0. The molecule has 0 aromatic heterocycles. The third kappa shape index (κ3) is 3.54. The summed E-state index contributed by atoms with van der Waals surface area (Å²) in [5, 5.41) is 3.35. The number of hydrogen-bond acceptors (Lipinski definition) is 4. The van der Waals surface area contributed by atoms with E-state index >= 15 is 0 Å². The summed E-state index contributed by atoms with van der Waals surface area (Å²) in [6.07, 6.45) is 2.39. The normalized spacial score (nSPS) is 18.5. The van der Waals surface area contributed by atoms with Crippen molar-refractivity contribution in [1.29, 1.82) is 0 Å². The van der Waals surface area contributed by atoms with Crippen molar-refractivity contribution in [2.75, 3.05) is 32.4 Å². The lowest BCUT2D eigenvalue weighted by Gasteiger charge is -2.20. The summed E-state index contributed by atoms with van der Waals surface area (Å²) in [4.78, 5) is 2.77. The zero-order valence-electron chi connectivity index (χ0n) is 10.7. The average Bonchev–Trinajstić information content (AvgIpc) is 2.57. The first-order valence-electron chi connectivity index (χ1n) is 6.28. The topological polar surface area (TPSA) is 49.4 Å². The number of nitrogens with one attached hydrogen (secondary N) is 1. The van der Waals surface area contributed by atoms with Gasteiger partial charge in [0.05, 0.1) is 4.90 Å². The minimum Gasteiger partial charge on any atom is -0.315 e. The Kier molecular flexibility index (Phi) is 4.37. The maximum atomic E-state index is 11.7. The Hall–Kier alpha value is -0.910. The van der Waals surface area contributed by atoms with Gasteiger partial charge >= 0.3 is 0 Å². The van der Waals surface area contributed by atoms with Gasteiger partial charge in [-0.15, -0.1) is 0 Å². The van der Waals surface area contributed by atoms with Crippen LogP contribution in [0.4, 0.5) is 0 Å². The molecule has 1 aliphatic rings. The van der Waals surface area contributed by atoms with Crippen molar-refractivity contribution in [2.45, 2.75) is 17.9 Å². The molecule has 0 saturated carbocycles. The molecule has 4 nitrogen and oxygen atoms in total. The molecule has 5 heteroatoms. The fourth-order valence-electron chi connectivity index (χ4n) is 2.30. The molecule has 100 valence electrons. The van der Waals surface area contributed by atoms with E-state index in [0.717, 1.165) is 38.2 Å². The van der Waals surface area contributed by atoms with Gasteiger partial charge in [-0.1, -0.05) is 18.2 Å². The summed E-state index contributed by atoms with van der Waals surface area (Å²) in [5.41, 5.74) is 0.905. The van der Waals surface area contributed by atoms with Crippen LogP contribution >= 0.6 is 0 Å². The van der Waals surface area contributed by atoms with Gasteiger partial charge in [0.2, 0.25) is 0 Å². The molecule has 0 spiro atoms. The molecule has 0 bridgehead atoms. The van der Waals surface area contributed by atoms with Crippen LogP contribution in [0.2, 0.25) is 0 Å². The molecule has 0 unspecified atom stereocenters. The molecule has 0 radical (unpaired) electrons. The predicted molar refractivity (Wildman–Crippen MR) is 72.3 cm³/mol. The van der Waals surface area contributed by atoms with Crippen molar-refractivity contribution >= 4 is 9.84 Å². The van der Waals surface area contributed by atoms with Gasteiger partial charge in [-0.3, -0.25) is 4.90 Å². The zero-order chi connectivity index (χ0) is 13.0. The van der Waals surface area contributed by atoms with Gasteiger partial charge in [0.25, 0.3) is 0 Å². The lowest BCUT2D eigenvalue weighted by molar-refractivity contribution is 0.282. The van der Waals surface area contributed by atoms with Crippen molar-refractivity contribution in [1.82, 2.24) is 10.2 Å². The van der Waals surface area contributed by atoms with E-state index in [0.29, 0.717) is 11.4 Å². The lowest BCUT2D eigenvalue weighted by Crippen LogP contribution is -2.28. The van der Waals surface area contributed by atoms with E-state index in [1.54, 1.807) is 12.1 Å². The van der Waals surface area contributed by atoms with E-state index in [-0.39, 0.29) is 0 Å². The Labute approximate surface area is 109 Å². The second-order valence-electron chi connectivity index (χ2n) is 4.76. The maximum absolute atomic E-state index is 11.7. The molecule has 1 fully saturated rings. The molecular formula is C13H20N2O2S. The SMILES string of the molecule is CS(=O)(=O)c1ccccc1CN1CCCNCC1. The van der Waals surface area contributed by atoms with Crippen LogP contribution in [-0.4, -0.2) is 45.8 Å². The van der Waals surface area contributed by atoms with Crippen molar-refractivity contribution < 1.29 is 8.42 Å². The molecular weight excluding hydrogens is 248 g/mol. The number of rotatable bonds is 3. The summed E-state index contributed by atoms with van der Waals surface area (Å²) in [6.45, 7) is 4.72. The first-order valence-corrected chi connectivity index (χ1v) is 8.17. The Morgan fingerprint density at radius 1 is 1.22 bits per heavy atom. The van der Waals surface area contributed by atoms with Crippen LogP contribution in [0.25, 0.3) is 0 Å². The summed E-state index contributed by atoms with van der Waals surface area (Å²) in [6, 6.07) is 7.29. The molecule has 1 heterocycles. The molecule has 0 aliphatic carbocycles. The van der Waals surface area contributed by atoms with E-state index < -0.39 is 9.84 Å². The quantitative estimate of drug-likeness (QED) is 0.884. The number of benzene rings is 1. The molecule has 1 N–H and O–H groups in total. The van der Waals surface area contributed by atoms with Crippen molar-refractivity contribution in [3.05, 3.63) is 29.8 Å². The number of hydrogen-bond donors (Lipinski definition) is 1. The second kappa shape index (κ2) is 5.82. The van der Waals surface area contributed by atoms with E-state index in [2.05, 4.69) is 10.2 Å². The zero-order valence-corrected chi connectivity index (χ0v) is 11.5. The molecule has 2 rings (SSSR count). The highest BCUT2D eigenvalue weighted by molar-refractivity contribution is 7.90. The highest BCUT2D eigenvalue weighted by Gasteiger charge is 2.15. The number of nitrogens with zero attached hydrogens (tertiary/aromatic N) is 1. The third-order valence-electron chi connectivity index (χ3n) is 3.20. The highest BCUT2D eigenvalue weighted by atomic mass is 32.2. The lowest BCUT2D eigenvalue weighted by atomic mass is 10.2. The monoisotopic (exact) mass is 268 g/mol. The fraction of sp³-hybridized carbons (Fsp3) is 0.538. The molecule has 1 aliphatic heterocycles. The first-order chi connectivity index (χ1) is 8.57. The van der Waals surface area contributed by atoms with E-state index in [1.165, 1.54) is 6.26 Å². The van der Waals surface area contributed by atoms with Gasteiger partial charge in [0, 0.05) is 25.9 Å². The van der Waals surface area contributed by atoms with Gasteiger partial charge in [0.1, 0.15) is 0 Å². The molecule has 18 heavy (non-hydrogen) atoms. The smallest absolute Gasteiger partial charge is 0.175 e. The van der Waals surface area contributed by atoms with Crippen LogP contribution in [0.15, 0.2) is 29.2 Å². The Balaban J connectivity index is 2.18. The first kappa shape index (κ1) is 13.5. The maximum Gasteiger partial charge on any atom is 0.175 e. The predicted octanol–water partition coefficient (Wildman–Crippen LogP) is 0.885. The summed E-state index contributed by atoms with van der Waals surface area (Å²) >= 11 is 0. The second-order valence-corrected chi connectivity index (χ2v) is 6.74. The van der Waals surface area contributed by atoms with Gasteiger partial charge in [0.15, 0.2) is 9.84 Å². The summed E-state index contributed by atoms with van der Waals surface area (Å²) in [7, 11) is -3.14. The minimum atomic E-state index is -3.14. The molecule has 0 atom stereocenters. The molecule has 0 amide bonds. The Morgan fingerprint density at radius 2 is 2.00 bits per heavy atom. The summed E-state index contributed by atoms with van der Waals surface area (Å²) < 4.78 is 23.5. The van der Waals surface area contributed by atoms with E-state index in [1.807, 2.05) is 12.1 Å². The van der Waals surface area contributed by atoms with Gasteiger partial charge in [-0.05, 0) is 31.1 Å². The van der Waals surface area contributed by atoms with Crippen molar-refractivity contribution in [3.8, 4) is 0 Å². The van der Waals surface area contributed by atoms with Crippen LogP contribution in [0, 0.1) is 0 Å². The molecule has 1 aromatic carbocycles. The number of sulfone groups is 1. The fourth-order valence-corrected chi connectivity index (χ4v) is 3.23. The van der Waals surface area contributed by atoms with Crippen LogP contribution in [-0.2, 0) is 16.4 Å². The molecule has 1 saturated heterocycles. The largest absolute Gasteiger partial charge is 0.315 e. The van der Waals surface area contributed by atoms with Gasteiger partial charge < -0.3 is 5.32 Å². The van der Waals surface area contributed by atoms with Crippen molar-refractivity contribution in [3.63, 3.8) is 0 Å². The third-order valence-corrected chi connectivity index (χ3v) is 4.40. The van der Waals surface area contributed by atoms with Gasteiger partial charge in [-0.2, -0.15) is 0 Å². The standard InChI is InChI=1S/C13H20N2O2S/c1-18(16,17)13-6-3-2-5-12(13)11-15-9-4-7-14-8-10-15/h2-3,5-6,14H,4,7-11H2,1H3. The van der Waals surface area contributed by atoms with E-state index in [4.69, 9.17) is 0 Å². The van der Waals surface area contributed by atoms with Crippen LogP contribution < -0.4 is 5.32 Å². The van der Waals surface area contributed by atoms with E-state index in [9.17, 15) is 8.42 Å². The Bertz CT molecular complexity index is 491. The minimum absolute atomic E-state index is 0.460. The van der Waals surface area contributed by atoms with Gasteiger partial charge in [-0.25, -0.2) is 8.42 Å². The molecule has 1 aromatic rings. The average molecular weight is 268 g/mol. The highest BCUT2D eigenvalue weighted by Crippen LogP contribution is 2.17. The van der Waals surface area contributed by atoms with Crippen LogP contribution in [0.5, 0.6) is 0 Å².